The average Bonchev–Trinajstić information content (AvgIpc) is 3.16. The summed E-state index contributed by atoms with van der Waals surface area (Å²) in [5.74, 6) is -0.109. The van der Waals surface area contributed by atoms with Gasteiger partial charge < -0.3 is 5.32 Å². The van der Waals surface area contributed by atoms with Crippen molar-refractivity contribution in [3.8, 4) is 11.3 Å². The number of aryl methyl sites for hydroxylation is 1. The molecule has 0 saturated carbocycles. The summed E-state index contributed by atoms with van der Waals surface area (Å²) in [5.41, 5.74) is 3.33. The van der Waals surface area contributed by atoms with Crippen molar-refractivity contribution in [2.45, 2.75) is 13.5 Å². The number of thiazole rings is 1. The maximum absolute atomic E-state index is 12.2. The van der Waals surface area contributed by atoms with Gasteiger partial charge in [0.25, 0.3) is 5.91 Å². The third-order valence-corrected chi connectivity index (χ3v) is 3.86. The van der Waals surface area contributed by atoms with Gasteiger partial charge in [0.1, 0.15) is 0 Å². The van der Waals surface area contributed by atoms with Crippen molar-refractivity contribution in [3.63, 3.8) is 0 Å². The molecule has 106 valence electrons. The maximum atomic E-state index is 12.2. The molecule has 2 N–H and O–H groups in total. The number of H-pyrrole nitrogens is 1. The van der Waals surface area contributed by atoms with E-state index in [1.165, 1.54) is 0 Å². The fourth-order valence-corrected chi connectivity index (χ4v) is 2.62. The molecule has 0 spiro atoms. The number of carbonyl (C=O) groups is 1. The second-order valence-corrected chi connectivity index (χ2v) is 5.65. The SMILES string of the molecule is Cc1nc(CNC(=O)c2cccc(-c3ccn[nH]3)c2)cs1. The Labute approximate surface area is 126 Å². The van der Waals surface area contributed by atoms with Gasteiger partial charge in [-0.05, 0) is 25.1 Å². The summed E-state index contributed by atoms with van der Waals surface area (Å²) in [5, 5.41) is 12.6. The Kier molecular flexibility index (Phi) is 3.79. The summed E-state index contributed by atoms with van der Waals surface area (Å²) in [6.07, 6.45) is 1.69. The zero-order valence-corrected chi connectivity index (χ0v) is 12.3. The van der Waals surface area contributed by atoms with Crippen molar-refractivity contribution in [2.75, 3.05) is 0 Å². The highest BCUT2D eigenvalue weighted by atomic mass is 32.1. The minimum absolute atomic E-state index is 0.109. The number of aromatic nitrogens is 3. The molecule has 5 nitrogen and oxygen atoms in total. The Morgan fingerprint density at radius 3 is 3.00 bits per heavy atom. The zero-order chi connectivity index (χ0) is 14.7. The van der Waals surface area contributed by atoms with Gasteiger partial charge in [-0.25, -0.2) is 4.98 Å². The van der Waals surface area contributed by atoms with E-state index in [9.17, 15) is 4.79 Å². The molecule has 0 saturated heterocycles. The van der Waals surface area contributed by atoms with E-state index >= 15 is 0 Å². The number of aromatic amines is 1. The van der Waals surface area contributed by atoms with Gasteiger partial charge in [0.2, 0.25) is 0 Å². The summed E-state index contributed by atoms with van der Waals surface area (Å²) in [7, 11) is 0. The molecule has 3 aromatic rings. The smallest absolute Gasteiger partial charge is 0.251 e. The Balaban J connectivity index is 1.71. The van der Waals surface area contributed by atoms with Crippen LogP contribution in [0.15, 0.2) is 41.9 Å². The predicted molar refractivity (Wildman–Crippen MR) is 82.0 cm³/mol. The molecule has 6 heteroatoms. The minimum Gasteiger partial charge on any atom is -0.346 e. The predicted octanol–water partition coefficient (Wildman–Crippen LogP) is 2.77. The van der Waals surface area contributed by atoms with Gasteiger partial charge in [-0.2, -0.15) is 5.10 Å². The van der Waals surface area contributed by atoms with Gasteiger partial charge in [0, 0.05) is 22.7 Å². The number of nitrogens with one attached hydrogen (secondary N) is 2. The number of benzene rings is 1. The van der Waals surface area contributed by atoms with Crippen LogP contribution >= 0.6 is 11.3 Å². The third kappa shape index (κ3) is 3.17. The molecule has 2 heterocycles. The van der Waals surface area contributed by atoms with Crippen LogP contribution in [0, 0.1) is 6.92 Å². The highest BCUT2D eigenvalue weighted by Crippen LogP contribution is 2.17. The molecule has 0 aliphatic rings. The van der Waals surface area contributed by atoms with Crippen LogP contribution in [-0.4, -0.2) is 21.1 Å². The van der Waals surface area contributed by atoms with E-state index in [1.54, 1.807) is 23.6 Å². The van der Waals surface area contributed by atoms with Crippen LogP contribution in [0.5, 0.6) is 0 Å². The third-order valence-electron chi connectivity index (χ3n) is 3.03. The number of carbonyl (C=O) groups excluding carboxylic acids is 1. The van der Waals surface area contributed by atoms with E-state index in [0.29, 0.717) is 12.1 Å². The van der Waals surface area contributed by atoms with Crippen molar-refractivity contribution in [1.29, 1.82) is 0 Å². The molecule has 0 radical (unpaired) electrons. The van der Waals surface area contributed by atoms with E-state index in [-0.39, 0.29) is 5.91 Å². The fraction of sp³-hybridized carbons (Fsp3) is 0.133. The first-order valence-corrected chi connectivity index (χ1v) is 7.39. The molecule has 1 aromatic carbocycles. The summed E-state index contributed by atoms with van der Waals surface area (Å²) in [4.78, 5) is 16.5. The summed E-state index contributed by atoms with van der Waals surface area (Å²) in [6.45, 7) is 2.39. The Morgan fingerprint density at radius 2 is 2.29 bits per heavy atom. The molecule has 0 bridgehead atoms. The molecule has 3 rings (SSSR count). The number of rotatable bonds is 4. The first-order chi connectivity index (χ1) is 10.2. The second-order valence-electron chi connectivity index (χ2n) is 4.59. The maximum Gasteiger partial charge on any atom is 0.251 e. The van der Waals surface area contributed by atoms with Crippen molar-refractivity contribution in [1.82, 2.24) is 20.5 Å². The molecule has 0 aliphatic carbocycles. The van der Waals surface area contributed by atoms with E-state index in [2.05, 4.69) is 20.5 Å². The molecule has 2 aromatic heterocycles. The van der Waals surface area contributed by atoms with Gasteiger partial charge in [-0.3, -0.25) is 9.89 Å². The number of hydrogen-bond donors (Lipinski definition) is 2. The molecule has 0 unspecified atom stereocenters. The topological polar surface area (TPSA) is 70.7 Å². The van der Waals surface area contributed by atoms with Crippen LogP contribution < -0.4 is 5.32 Å². The van der Waals surface area contributed by atoms with E-state index in [4.69, 9.17) is 0 Å². The molecule has 1 amide bonds. The van der Waals surface area contributed by atoms with Crippen molar-refractivity contribution in [2.24, 2.45) is 0 Å². The minimum atomic E-state index is -0.109. The zero-order valence-electron chi connectivity index (χ0n) is 11.5. The van der Waals surface area contributed by atoms with Crippen molar-refractivity contribution < 1.29 is 4.79 Å². The van der Waals surface area contributed by atoms with Gasteiger partial charge >= 0.3 is 0 Å². The first kappa shape index (κ1) is 13.5. The standard InChI is InChI=1S/C15H14N4OS/c1-10-18-13(9-21-10)8-16-15(20)12-4-2-3-11(7-12)14-5-6-17-19-14/h2-7,9H,8H2,1H3,(H,16,20)(H,17,19). The van der Waals surface area contributed by atoms with Gasteiger partial charge in [-0.1, -0.05) is 12.1 Å². The van der Waals surface area contributed by atoms with Crippen LogP contribution in [0.4, 0.5) is 0 Å². The molecular weight excluding hydrogens is 284 g/mol. The fourth-order valence-electron chi connectivity index (χ4n) is 2.01. The van der Waals surface area contributed by atoms with Crippen LogP contribution in [0.1, 0.15) is 21.1 Å². The lowest BCUT2D eigenvalue weighted by molar-refractivity contribution is 0.0950. The Hall–Kier alpha value is -2.47. The number of nitrogens with zero attached hydrogens (tertiary/aromatic N) is 2. The lowest BCUT2D eigenvalue weighted by Gasteiger charge is -2.05. The molecule has 0 atom stereocenters. The highest BCUT2D eigenvalue weighted by Gasteiger charge is 2.08. The quantitative estimate of drug-likeness (QED) is 0.778. The normalized spacial score (nSPS) is 10.5. The average molecular weight is 298 g/mol. The van der Waals surface area contributed by atoms with Crippen LogP contribution in [-0.2, 0) is 6.54 Å². The molecule has 0 fully saturated rings. The van der Waals surface area contributed by atoms with Gasteiger partial charge in [-0.15, -0.1) is 11.3 Å². The lowest BCUT2D eigenvalue weighted by Crippen LogP contribution is -2.22. The molecular formula is C15H14N4OS. The number of hydrogen-bond acceptors (Lipinski definition) is 4. The molecule has 21 heavy (non-hydrogen) atoms. The van der Waals surface area contributed by atoms with Crippen LogP contribution in [0.3, 0.4) is 0 Å². The van der Waals surface area contributed by atoms with Crippen LogP contribution in [0.2, 0.25) is 0 Å². The first-order valence-electron chi connectivity index (χ1n) is 6.51. The number of amides is 1. The highest BCUT2D eigenvalue weighted by molar-refractivity contribution is 7.09. The van der Waals surface area contributed by atoms with Crippen molar-refractivity contribution in [3.05, 3.63) is 58.2 Å². The Morgan fingerprint density at radius 1 is 1.38 bits per heavy atom. The van der Waals surface area contributed by atoms with Crippen LogP contribution in [0.25, 0.3) is 11.3 Å². The largest absolute Gasteiger partial charge is 0.346 e. The lowest BCUT2D eigenvalue weighted by atomic mass is 10.1. The Bertz CT molecular complexity index is 749. The van der Waals surface area contributed by atoms with E-state index in [1.807, 2.05) is 36.6 Å². The summed E-state index contributed by atoms with van der Waals surface area (Å²) < 4.78 is 0. The van der Waals surface area contributed by atoms with Crippen molar-refractivity contribution >= 4 is 17.2 Å². The van der Waals surface area contributed by atoms with Gasteiger partial charge in [0.05, 0.1) is 22.9 Å². The van der Waals surface area contributed by atoms with E-state index in [0.717, 1.165) is 22.0 Å². The van der Waals surface area contributed by atoms with E-state index < -0.39 is 0 Å². The monoisotopic (exact) mass is 298 g/mol. The van der Waals surface area contributed by atoms with Gasteiger partial charge in [0.15, 0.2) is 0 Å². The summed E-state index contributed by atoms with van der Waals surface area (Å²) >= 11 is 1.58. The summed E-state index contributed by atoms with van der Waals surface area (Å²) in [6, 6.07) is 9.30. The molecule has 0 aliphatic heterocycles. The second kappa shape index (κ2) is 5.88.